The van der Waals surface area contributed by atoms with Crippen molar-refractivity contribution >= 4 is 11.9 Å². The Labute approximate surface area is 246 Å². The molecule has 1 saturated heterocycles. The maximum atomic E-state index is 12.5. The second kappa shape index (κ2) is 11.1. The van der Waals surface area contributed by atoms with Gasteiger partial charge >= 0.3 is 11.9 Å². The summed E-state index contributed by atoms with van der Waals surface area (Å²) in [5, 5.41) is 53.0. The van der Waals surface area contributed by atoms with Crippen molar-refractivity contribution in [3.8, 4) is 0 Å². The van der Waals surface area contributed by atoms with Gasteiger partial charge in [-0.25, -0.2) is 4.79 Å². The molecule has 2 aliphatic heterocycles. The van der Waals surface area contributed by atoms with Crippen molar-refractivity contribution in [3.05, 3.63) is 11.6 Å². The minimum atomic E-state index is -1.50. The second-order valence-corrected chi connectivity index (χ2v) is 14.0. The Balaban J connectivity index is 1.22. The number of hydrogen-bond donors (Lipinski definition) is 5. The van der Waals surface area contributed by atoms with Gasteiger partial charge in [0, 0.05) is 23.8 Å². The molecule has 2 heterocycles. The van der Waals surface area contributed by atoms with E-state index in [1.165, 1.54) is 6.92 Å². The molecule has 236 valence electrons. The van der Waals surface area contributed by atoms with Gasteiger partial charge in [-0.15, -0.1) is 0 Å². The van der Waals surface area contributed by atoms with Gasteiger partial charge in [-0.05, 0) is 87.0 Å². The molecule has 0 aromatic heterocycles. The van der Waals surface area contributed by atoms with Crippen LogP contribution in [-0.2, 0) is 28.5 Å². The van der Waals surface area contributed by atoms with Crippen molar-refractivity contribution in [1.82, 2.24) is 0 Å². The molecule has 0 aromatic carbocycles. The van der Waals surface area contributed by atoms with Crippen LogP contribution in [0.25, 0.3) is 0 Å². The largest absolute Gasteiger partial charge is 0.465 e. The lowest BCUT2D eigenvalue weighted by Gasteiger charge is -2.64. The Bertz CT molecular complexity index is 1090. The van der Waals surface area contributed by atoms with Crippen molar-refractivity contribution in [2.45, 2.75) is 114 Å². The number of fused-ring (bicyclic) bond motifs is 5. The zero-order valence-corrected chi connectivity index (χ0v) is 24.5. The third-order valence-corrected chi connectivity index (χ3v) is 12.4. The van der Waals surface area contributed by atoms with E-state index in [4.69, 9.17) is 18.9 Å². The Kier molecular flexibility index (Phi) is 8.03. The monoisotopic (exact) mass is 594 g/mol. The lowest BCUT2D eigenvalue weighted by Crippen LogP contribution is -2.64. The van der Waals surface area contributed by atoms with E-state index in [-0.39, 0.29) is 59.2 Å². The summed E-state index contributed by atoms with van der Waals surface area (Å²) >= 11 is 0. The fraction of sp³-hybridized carbons (Fsp3) is 0.871. The number of carbonyl (C=O) groups excluding carboxylic acids is 2. The first-order valence-corrected chi connectivity index (χ1v) is 15.6. The molecular weight excluding hydrogens is 548 g/mol. The van der Waals surface area contributed by atoms with E-state index >= 15 is 0 Å². The van der Waals surface area contributed by atoms with Gasteiger partial charge < -0.3 is 44.5 Å². The molecule has 0 radical (unpaired) electrons. The minimum Gasteiger partial charge on any atom is -0.465 e. The van der Waals surface area contributed by atoms with Crippen LogP contribution in [0.4, 0.5) is 0 Å². The number of rotatable bonds is 6. The van der Waals surface area contributed by atoms with Gasteiger partial charge in [0.05, 0.1) is 24.9 Å². The first-order chi connectivity index (χ1) is 19.9. The van der Waals surface area contributed by atoms with Gasteiger partial charge in [-0.3, -0.25) is 4.79 Å². The highest BCUT2D eigenvalue weighted by Crippen LogP contribution is 2.70. The molecule has 11 nitrogen and oxygen atoms in total. The molecule has 6 aliphatic rings. The summed E-state index contributed by atoms with van der Waals surface area (Å²) in [6, 6.07) is 0. The normalized spacial score (nSPS) is 50.3. The number of cyclic esters (lactones) is 1. The van der Waals surface area contributed by atoms with Gasteiger partial charge in [0.2, 0.25) is 0 Å². The predicted molar refractivity (Wildman–Crippen MR) is 145 cm³/mol. The highest BCUT2D eigenvalue weighted by Gasteiger charge is 2.69. The SMILES string of the molecule is CC(=O)OC[C@]12CCC(O[C@@H]3O[C@H](CO)[C@@H](O)[C@H](O)[C@H]3O)CC1CC[C@@H]1[C@@H]2CC[C@]2(C)[C@@H](C3=CC(=O)OC3)CC[C@]12O. The molecule has 0 spiro atoms. The molecule has 5 N–H and O–H groups in total. The van der Waals surface area contributed by atoms with Crippen LogP contribution in [-0.4, -0.2) is 99.7 Å². The van der Waals surface area contributed by atoms with E-state index in [9.17, 15) is 35.1 Å². The zero-order chi connectivity index (χ0) is 30.0. The number of esters is 2. The van der Waals surface area contributed by atoms with Crippen LogP contribution in [0.1, 0.15) is 71.6 Å². The molecule has 11 heteroatoms. The van der Waals surface area contributed by atoms with Gasteiger partial charge in [0.25, 0.3) is 0 Å². The molecule has 6 rings (SSSR count). The summed E-state index contributed by atoms with van der Waals surface area (Å²) < 4.78 is 22.8. The standard InChI is InChI=1S/C31H46O11/c1-16(33)40-15-30-9-5-19(41-28-27(37)26(36)25(35)23(13-32)42-28)12-18(30)3-4-22-21(30)6-8-29(2)20(7-10-31(22,29)38)17-11-24(34)39-14-17/h11,18-23,25-28,32,35-38H,3-10,12-15H2,1-2H3/t18?,19?,20-,21+,22-,23-,25-,26+,27-,28-,29-,30-,31+/m1/s1. The Morgan fingerprint density at radius 3 is 2.50 bits per heavy atom. The van der Waals surface area contributed by atoms with Crippen LogP contribution in [0.15, 0.2) is 11.6 Å². The summed E-state index contributed by atoms with van der Waals surface area (Å²) in [6.07, 6.45) is 1.49. The van der Waals surface area contributed by atoms with Crippen molar-refractivity contribution in [3.63, 3.8) is 0 Å². The van der Waals surface area contributed by atoms with Crippen LogP contribution >= 0.6 is 0 Å². The van der Waals surface area contributed by atoms with E-state index in [1.807, 2.05) is 0 Å². The molecule has 4 aliphatic carbocycles. The average molecular weight is 595 g/mol. The highest BCUT2D eigenvalue weighted by atomic mass is 16.7. The minimum absolute atomic E-state index is 0.0367. The van der Waals surface area contributed by atoms with E-state index < -0.39 is 42.9 Å². The molecule has 2 unspecified atom stereocenters. The maximum absolute atomic E-state index is 12.5. The summed E-state index contributed by atoms with van der Waals surface area (Å²) in [6.45, 7) is 3.67. The molecule has 5 fully saturated rings. The lowest BCUT2D eigenvalue weighted by molar-refractivity contribution is -0.317. The Hall–Kier alpha value is -1.60. The number of hydrogen-bond acceptors (Lipinski definition) is 11. The summed E-state index contributed by atoms with van der Waals surface area (Å²) in [5.41, 5.74) is -0.603. The third kappa shape index (κ3) is 4.66. The molecule has 13 atom stereocenters. The molecule has 0 amide bonds. The Morgan fingerprint density at radius 2 is 1.81 bits per heavy atom. The van der Waals surface area contributed by atoms with Crippen molar-refractivity contribution in [2.75, 3.05) is 19.8 Å². The number of ether oxygens (including phenoxy) is 4. The molecular formula is C31H46O11. The van der Waals surface area contributed by atoms with Crippen LogP contribution in [0, 0.1) is 34.5 Å². The first kappa shape index (κ1) is 30.4. The summed E-state index contributed by atoms with van der Waals surface area (Å²) in [7, 11) is 0. The van der Waals surface area contributed by atoms with E-state index in [0.717, 1.165) is 37.7 Å². The molecule has 42 heavy (non-hydrogen) atoms. The van der Waals surface area contributed by atoms with Gasteiger partial charge in [-0.2, -0.15) is 0 Å². The van der Waals surface area contributed by atoms with Gasteiger partial charge in [0.15, 0.2) is 6.29 Å². The smallest absolute Gasteiger partial charge is 0.331 e. The van der Waals surface area contributed by atoms with Gasteiger partial charge in [0.1, 0.15) is 31.0 Å². The zero-order valence-electron chi connectivity index (χ0n) is 24.5. The van der Waals surface area contributed by atoms with E-state index in [0.29, 0.717) is 32.3 Å². The fourth-order valence-corrected chi connectivity index (χ4v) is 10.2. The van der Waals surface area contributed by atoms with Crippen LogP contribution in [0.2, 0.25) is 0 Å². The number of aliphatic hydroxyl groups is 5. The summed E-state index contributed by atoms with van der Waals surface area (Å²) in [4.78, 5) is 23.9. The first-order valence-electron chi connectivity index (χ1n) is 15.6. The third-order valence-electron chi connectivity index (χ3n) is 12.4. The quantitative estimate of drug-likeness (QED) is 0.219. The topological polar surface area (TPSA) is 172 Å². The number of carbonyl (C=O) groups is 2. The van der Waals surface area contributed by atoms with E-state index in [2.05, 4.69) is 6.92 Å². The lowest BCUT2D eigenvalue weighted by atomic mass is 9.43. The summed E-state index contributed by atoms with van der Waals surface area (Å²) in [5.74, 6) is -0.204. The van der Waals surface area contributed by atoms with Crippen molar-refractivity contribution < 1.29 is 54.1 Å². The fourth-order valence-electron chi connectivity index (χ4n) is 10.2. The molecule has 4 saturated carbocycles. The van der Waals surface area contributed by atoms with Gasteiger partial charge in [-0.1, -0.05) is 6.92 Å². The van der Waals surface area contributed by atoms with Crippen LogP contribution in [0.3, 0.4) is 0 Å². The van der Waals surface area contributed by atoms with Crippen LogP contribution in [0.5, 0.6) is 0 Å². The van der Waals surface area contributed by atoms with Crippen LogP contribution < -0.4 is 0 Å². The van der Waals surface area contributed by atoms with Crippen molar-refractivity contribution in [1.29, 1.82) is 0 Å². The predicted octanol–water partition coefficient (Wildman–Crippen LogP) is 0.972. The second-order valence-electron chi connectivity index (χ2n) is 14.0. The maximum Gasteiger partial charge on any atom is 0.331 e. The molecule has 0 aromatic rings. The Morgan fingerprint density at radius 1 is 1.02 bits per heavy atom. The molecule has 0 bridgehead atoms. The number of aliphatic hydroxyl groups excluding tert-OH is 4. The van der Waals surface area contributed by atoms with E-state index in [1.54, 1.807) is 6.08 Å². The highest BCUT2D eigenvalue weighted by molar-refractivity contribution is 5.85. The van der Waals surface area contributed by atoms with Crippen molar-refractivity contribution in [2.24, 2.45) is 34.5 Å². The average Bonchev–Trinajstić information content (AvgIpc) is 3.51.